The van der Waals surface area contributed by atoms with Crippen LogP contribution < -0.4 is 4.74 Å². The summed E-state index contributed by atoms with van der Waals surface area (Å²) >= 11 is 6.05. The Balaban J connectivity index is 2.46. The van der Waals surface area contributed by atoms with Gasteiger partial charge in [-0.2, -0.15) is 24.4 Å². The van der Waals surface area contributed by atoms with E-state index in [9.17, 15) is 0 Å². The van der Waals surface area contributed by atoms with Crippen molar-refractivity contribution in [2.45, 2.75) is 5.75 Å². The summed E-state index contributed by atoms with van der Waals surface area (Å²) in [5, 5.41) is 0. The van der Waals surface area contributed by atoms with Gasteiger partial charge in [-0.1, -0.05) is 12.1 Å². The predicted molar refractivity (Wildman–Crippen MR) is 63.0 cm³/mol. The molecule has 13 heavy (non-hydrogen) atoms. The van der Waals surface area contributed by atoms with Gasteiger partial charge in [-0.15, -0.1) is 0 Å². The zero-order chi connectivity index (χ0) is 9.52. The van der Waals surface area contributed by atoms with Crippen molar-refractivity contribution >= 4 is 24.4 Å². The lowest BCUT2D eigenvalue weighted by molar-refractivity contribution is 0.414. The average molecular weight is 214 g/mol. The minimum atomic E-state index is 0.934. The number of methoxy groups -OCH3 is 1. The molecule has 0 saturated carbocycles. The van der Waals surface area contributed by atoms with Gasteiger partial charge in [0.2, 0.25) is 0 Å². The van der Waals surface area contributed by atoms with Gasteiger partial charge in [-0.25, -0.2) is 0 Å². The topological polar surface area (TPSA) is 9.23 Å². The third-order valence-electron chi connectivity index (χ3n) is 1.64. The summed E-state index contributed by atoms with van der Waals surface area (Å²) in [5.74, 6) is 4.01. The predicted octanol–water partition coefficient (Wildman–Crippen LogP) is 2.86. The summed E-state index contributed by atoms with van der Waals surface area (Å²) in [7, 11) is 1.69. The Hall–Kier alpha value is -0.280. The zero-order valence-electron chi connectivity index (χ0n) is 7.69. The third-order valence-corrected chi connectivity index (χ3v) is 3.19. The van der Waals surface area contributed by atoms with Gasteiger partial charge in [-0.05, 0) is 23.4 Å². The molecule has 0 aromatic heterocycles. The fraction of sp³-hybridized carbons (Fsp3) is 0.400. The third kappa shape index (κ3) is 3.96. The van der Waals surface area contributed by atoms with Crippen molar-refractivity contribution in [1.29, 1.82) is 0 Å². The molecular weight excluding hydrogens is 200 g/mol. The second-order valence-electron chi connectivity index (χ2n) is 2.63. The molecule has 0 amide bonds. The Morgan fingerprint density at radius 2 is 2.31 bits per heavy atom. The van der Waals surface area contributed by atoms with E-state index in [0.29, 0.717) is 0 Å². The maximum Gasteiger partial charge on any atom is 0.119 e. The molecule has 0 aliphatic rings. The molecule has 0 atom stereocenters. The second kappa shape index (κ2) is 6.22. The number of rotatable bonds is 5. The minimum Gasteiger partial charge on any atom is -0.497 e. The summed E-state index contributed by atoms with van der Waals surface area (Å²) in [6.45, 7) is 0. The van der Waals surface area contributed by atoms with E-state index in [0.717, 1.165) is 23.0 Å². The van der Waals surface area contributed by atoms with Crippen molar-refractivity contribution in [3.8, 4) is 5.75 Å². The highest BCUT2D eigenvalue weighted by Crippen LogP contribution is 2.17. The van der Waals surface area contributed by atoms with Crippen LogP contribution in [0.1, 0.15) is 5.56 Å². The van der Waals surface area contributed by atoms with Gasteiger partial charge >= 0.3 is 0 Å². The van der Waals surface area contributed by atoms with Crippen LogP contribution in [0, 0.1) is 0 Å². The lowest BCUT2D eigenvalue weighted by Crippen LogP contribution is -1.87. The summed E-state index contributed by atoms with van der Waals surface area (Å²) in [6, 6.07) is 8.18. The molecule has 0 heterocycles. The van der Waals surface area contributed by atoms with Crippen LogP contribution in [0.15, 0.2) is 24.3 Å². The van der Waals surface area contributed by atoms with Crippen LogP contribution in [0.5, 0.6) is 5.75 Å². The number of thioether (sulfide) groups is 1. The first kappa shape index (κ1) is 10.8. The van der Waals surface area contributed by atoms with E-state index in [4.69, 9.17) is 4.74 Å². The molecule has 3 heteroatoms. The van der Waals surface area contributed by atoms with E-state index in [1.165, 1.54) is 5.56 Å². The molecule has 72 valence electrons. The van der Waals surface area contributed by atoms with Gasteiger partial charge in [0.1, 0.15) is 5.75 Å². The van der Waals surface area contributed by atoms with Gasteiger partial charge in [-0.3, -0.25) is 0 Å². The standard InChI is InChI=1S/C10H14OS2/c1-11-10-4-2-3-9(7-10)8-13-6-5-12/h2-4,7,12H,5-6,8H2,1H3. The Morgan fingerprint density at radius 1 is 1.46 bits per heavy atom. The van der Waals surface area contributed by atoms with E-state index in [1.54, 1.807) is 7.11 Å². The molecule has 0 bridgehead atoms. The molecule has 1 nitrogen and oxygen atoms in total. The lowest BCUT2D eigenvalue weighted by Gasteiger charge is -2.03. The van der Waals surface area contributed by atoms with E-state index in [2.05, 4.69) is 24.8 Å². The minimum absolute atomic E-state index is 0.934. The first-order valence-electron chi connectivity index (χ1n) is 4.18. The van der Waals surface area contributed by atoms with Gasteiger partial charge < -0.3 is 4.74 Å². The summed E-state index contributed by atoms with van der Waals surface area (Å²) < 4.78 is 5.14. The Kier molecular flexibility index (Phi) is 5.16. The van der Waals surface area contributed by atoms with Crippen LogP contribution in [-0.2, 0) is 5.75 Å². The number of benzene rings is 1. The van der Waals surface area contributed by atoms with Crippen LogP contribution in [0.3, 0.4) is 0 Å². The van der Waals surface area contributed by atoms with Crippen molar-refractivity contribution in [1.82, 2.24) is 0 Å². The number of ether oxygens (including phenoxy) is 1. The largest absolute Gasteiger partial charge is 0.497 e. The monoisotopic (exact) mass is 214 g/mol. The molecule has 0 N–H and O–H groups in total. The number of thiol groups is 1. The fourth-order valence-corrected chi connectivity index (χ4v) is 2.09. The highest BCUT2D eigenvalue weighted by atomic mass is 32.2. The maximum absolute atomic E-state index is 5.14. The molecule has 0 spiro atoms. The normalized spacial score (nSPS) is 10.0. The van der Waals surface area contributed by atoms with Crippen LogP contribution in [-0.4, -0.2) is 18.6 Å². The summed E-state index contributed by atoms with van der Waals surface area (Å²) in [4.78, 5) is 0. The van der Waals surface area contributed by atoms with Crippen molar-refractivity contribution in [3.63, 3.8) is 0 Å². The van der Waals surface area contributed by atoms with Crippen molar-refractivity contribution < 1.29 is 4.74 Å². The molecule has 1 rings (SSSR count). The lowest BCUT2D eigenvalue weighted by atomic mass is 10.2. The maximum atomic E-state index is 5.14. The molecule has 1 aromatic rings. The Morgan fingerprint density at radius 3 is 3.00 bits per heavy atom. The molecular formula is C10H14OS2. The SMILES string of the molecule is COc1cccc(CSCCS)c1. The van der Waals surface area contributed by atoms with Crippen molar-refractivity contribution in [2.75, 3.05) is 18.6 Å². The first-order valence-corrected chi connectivity index (χ1v) is 5.97. The van der Waals surface area contributed by atoms with Gasteiger partial charge in [0.15, 0.2) is 0 Å². The molecule has 1 aromatic carbocycles. The smallest absolute Gasteiger partial charge is 0.119 e. The zero-order valence-corrected chi connectivity index (χ0v) is 9.41. The number of hydrogen-bond acceptors (Lipinski definition) is 3. The van der Waals surface area contributed by atoms with E-state index < -0.39 is 0 Å². The first-order chi connectivity index (χ1) is 6.36. The van der Waals surface area contributed by atoms with Crippen molar-refractivity contribution in [2.24, 2.45) is 0 Å². The van der Waals surface area contributed by atoms with Crippen LogP contribution in [0.25, 0.3) is 0 Å². The fourth-order valence-electron chi connectivity index (χ4n) is 1.02. The molecule has 0 saturated heterocycles. The highest BCUT2D eigenvalue weighted by molar-refractivity contribution is 7.99. The molecule has 0 aliphatic heterocycles. The second-order valence-corrected chi connectivity index (χ2v) is 4.18. The van der Waals surface area contributed by atoms with Crippen LogP contribution >= 0.6 is 24.4 Å². The molecule has 0 aliphatic carbocycles. The Bertz CT molecular complexity index is 250. The van der Waals surface area contributed by atoms with Gasteiger partial charge in [0.25, 0.3) is 0 Å². The highest BCUT2D eigenvalue weighted by Gasteiger charge is 1.95. The van der Waals surface area contributed by atoms with Crippen molar-refractivity contribution in [3.05, 3.63) is 29.8 Å². The van der Waals surface area contributed by atoms with Gasteiger partial charge in [0, 0.05) is 11.5 Å². The molecule has 0 unspecified atom stereocenters. The van der Waals surface area contributed by atoms with Crippen LogP contribution in [0.2, 0.25) is 0 Å². The number of hydrogen-bond donors (Lipinski definition) is 1. The van der Waals surface area contributed by atoms with E-state index in [-0.39, 0.29) is 0 Å². The average Bonchev–Trinajstić information content (AvgIpc) is 2.19. The quantitative estimate of drug-likeness (QED) is 0.596. The van der Waals surface area contributed by atoms with Crippen LogP contribution in [0.4, 0.5) is 0 Å². The summed E-state index contributed by atoms with van der Waals surface area (Å²) in [5.41, 5.74) is 1.31. The Labute approximate surface area is 89.3 Å². The molecule has 0 fully saturated rings. The van der Waals surface area contributed by atoms with E-state index >= 15 is 0 Å². The molecule has 0 radical (unpaired) electrons. The van der Waals surface area contributed by atoms with E-state index in [1.807, 2.05) is 23.9 Å². The van der Waals surface area contributed by atoms with Gasteiger partial charge in [0.05, 0.1) is 7.11 Å². The summed E-state index contributed by atoms with van der Waals surface area (Å²) in [6.07, 6.45) is 0.